The number of hydrogen-bond acceptors (Lipinski definition) is 1. The topological polar surface area (TPSA) is 20.2 Å². The average Bonchev–Trinajstić information content (AvgIpc) is 2.39. The van der Waals surface area contributed by atoms with Gasteiger partial charge in [-0.3, -0.25) is 0 Å². The van der Waals surface area contributed by atoms with E-state index >= 15 is 0 Å². The van der Waals surface area contributed by atoms with E-state index in [1.54, 1.807) is 12.1 Å². The second kappa shape index (κ2) is 5.79. The lowest BCUT2D eigenvalue weighted by Crippen LogP contribution is -2.24. The summed E-state index contributed by atoms with van der Waals surface area (Å²) in [6.07, 6.45) is 0.900. The van der Waals surface area contributed by atoms with E-state index in [2.05, 4.69) is 59.7 Å². The van der Waals surface area contributed by atoms with Gasteiger partial charge in [-0.05, 0) is 51.6 Å². The molecule has 0 saturated carbocycles. The highest BCUT2D eigenvalue weighted by Crippen LogP contribution is 2.37. The fourth-order valence-electron chi connectivity index (χ4n) is 3.09. The van der Waals surface area contributed by atoms with Crippen LogP contribution in [0, 0.1) is 0 Å². The standard InChI is InChI=1S/C21H28O/c1-20(2,3)18-9-7-8-16(19(18)21(4,5)6)14-15-10-12-17(22)13-11-15/h7-13,22H,14H2,1-6H3. The van der Waals surface area contributed by atoms with Crippen LogP contribution >= 0.6 is 0 Å². The minimum atomic E-state index is 0.107. The molecular weight excluding hydrogens is 268 g/mol. The van der Waals surface area contributed by atoms with Gasteiger partial charge in [0.25, 0.3) is 0 Å². The SMILES string of the molecule is CC(C)(C)c1cccc(Cc2ccc(O)cc2)c1C(C)(C)C. The van der Waals surface area contributed by atoms with E-state index in [1.807, 2.05) is 12.1 Å². The summed E-state index contributed by atoms with van der Waals surface area (Å²) in [6, 6.07) is 14.2. The van der Waals surface area contributed by atoms with Crippen molar-refractivity contribution in [1.29, 1.82) is 0 Å². The van der Waals surface area contributed by atoms with Crippen molar-refractivity contribution < 1.29 is 5.11 Å². The van der Waals surface area contributed by atoms with Gasteiger partial charge >= 0.3 is 0 Å². The Kier molecular flexibility index (Phi) is 4.37. The van der Waals surface area contributed by atoms with Crippen molar-refractivity contribution in [2.75, 3.05) is 0 Å². The minimum absolute atomic E-state index is 0.107. The van der Waals surface area contributed by atoms with E-state index in [0.29, 0.717) is 5.75 Å². The Bertz CT molecular complexity index is 637. The van der Waals surface area contributed by atoms with Gasteiger partial charge in [-0.1, -0.05) is 71.9 Å². The highest BCUT2D eigenvalue weighted by Gasteiger charge is 2.27. The van der Waals surface area contributed by atoms with Crippen LogP contribution in [0.5, 0.6) is 5.75 Å². The van der Waals surface area contributed by atoms with Gasteiger partial charge in [-0.25, -0.2) is 0 Å². The van der Waals surface area contributed by atoms with E-state index in [4.69, 9.17) is 0 Å². The summed E-state index contributed by atoms with van der Waals surface area (Å²) >= 11 is 0. The van der Waals surface area contributed by atoms with Crippen molar-refractivity contribution >= 4 is 0 Å². The number of phenolic OH excluding ortho intramolecular Hbond substituents is 1. The second-order valence-corrected chi connectivity index (χ2v) is 8.18. The molecule has 2 rings (SSSR count). The molecule has 1 N–H and O–H groups in total. The van der Waals surface area contributed by atoms with Gasteiger partial charge in [0.2, 0.25) is 0 Å². The molecule has 0 saturated heterocycles. The summed E-state index contributed by atoms with van der Waals surface area (Å²) in [7, 11) is 0. The molecule has 0 aliphatic rings. The summed E-state index contributed by atoms with van der Waals surface area (Å²) < 4.78 is 0. The Morgan fingerprint density at radius 1 is 0.773 bits per heavy atom. The molecule has 0 aromatic heterocycles. The van der Waals surface area contributed by atoms with Crippen molar-refractivity contribution in [2.24, 2.45) is 0 Å². The molecule has 0 atom stereocenters. The zero-order valence-corrected chi connectivity index (χ0v) is 14.7. The summed E-state index contributed by atoms with van der Waals surface area (Å²) in [6.45, 7) is 13.7. The molecule has 0 bridgehead atoms. The summed E-state index contributed by atoms with van der Waals surface area (Å²) in [5.74, 6) is 0.322. The second-order valence-electron chi connectivity index (χ2n) is 8.18. The van der Waals surface area contributed by atoms with Gasteiger partial charge in [-0.15, -0.1) is 0 Å². The van der Waals surface area contributed by atoms with Crippen LogP contribution in [0.2, 0.25) is 0 Å². The molecule has 0 aliphatic carbocycles. The van der Waals surface area contributed by atoms with Crippen molar-refractivity contribution in [3.8, 4) is 5.75 Å². The van der Waals surface area contributed by atoms with Gasteiger partial charge in [0.1, 0.15) is 5.75 Å². The third kappa shape index (κ3) is 3.71. The molecule has 1 heteroatoms. The van der Waals surface area contributed by atoms with Gasteiger partial charge in [-0.2, -0.15) is 0 Å². The van der Waals surface area contributed by atoms with Crippen LogP contribution in [0.15, 0.2) is 42.5 Å². The number of phenols is 1. The maximum Gasteiger partial charge on any atom is 0.115 e. The van der Waals surface area contributed by atoms with E-state index in [9.17, 15) is 5.11 Å². The normalized spacial score (nSPS) is 12.5. The third-order valence-corrected chi connectivity index (χ3v) is 4.04. The number of aromatic hydroxyl groups is 1. The fraction of sp³-hybridized carbons (Fsp3) is 0.429. The van der Waals surface area contributed by atoms with Crippen molar-refractivity contribution in [3.63, 3.8) is 0 Å². The van der Waals surface area contributed by atoms with E-state index in [-0.39, 0.29) is 10.8 Å². The summed E-state index contributed by atoms with van der Waals surface area (Å²) in [4.78, 5) is 0. The van der Waals surface area contributed by atoms with Crippen molar-refractivity contribution in [3.05, 3.63) is 64.7 Å². The maximum atomic E-state index is 9.46. The first-order valence-electron chi connectivity index (χ1n) is 8.00. The van der Waals surface area contributed by atoms with Crippen LogP contribution < -0.4 is 0 Å². The molecular formula is C21H28O. The molecule has 0 unspecified atom stereocenters. The fourth-order valence-corrected chi connectivity index (χ4v) is 3.09. The number of hydrogen-bond donors (Lipinski definition) is 1. The van der Waals surface area contributed by atoms with Crippen LogP contribution in [0.4, 0.5) is 0 Å². The van der Waals surface area contributed by atoms with Crippen LogP contribution in [0.1, 0.15) is 63.8 Å². The Morgan fingerprint density at radius 3 is 1.86 bits per heavy atom. The van der Waals surface area contributed by atoms with Crippen LogP contribution in [-0.4, -0.2) is 5.11 Å². The first kappa shape index (κ1) is 16.6. The molecule has 0 aliphatic heterocycles. The Balaban J connectivity index is 2.54. The predicted octanol–water partition coefficient (Wildman–Crippen LogP) is 5.58. The maximum absolute atomic E-state index is 9.46. The molecule has 1 nitrogen and oxygen atoms in total. The zero-order chi connectivity index (χ0) is 16.5. The average molecular weight is 296 g/mol. The number of benzene rings is 2. The minimum Gasteiger partial charge on any atom is -0.508 e. The molecule has 2 aromatic carbocycles. The third-order valence-electron chi connectivity index (χ3n) is 4.04. The predicted molar refractivity (Wildman–Crippen MR) is 94.8 cm³/mol. The summed E-state index contributed by atoms with van der Waals surface area (Å²) in [5, 5.41) is 9.46. The highest BCUT2D eigenvalue weighted by molar-refractivity contribution is 5.46. The van der Waals surface area contributed by atoms with Crippen LogP contribution in [0.25, 0.3) is 0 Å². The van der Waals surface area contributed by atoms with Gasteiger partial charge in [0.15, 0.2) is 0 Å². The van der Waals surface area contributed by atoms with Crippen molar-refractivity contribution in [1.82, 2.24) is 0 Å². The number of rotatable bonds is 2. The molecule has 22 heavy (non-hydrogen) atoms. The van der Waals surface area contributed by atoms with Gasteiger partial charge in [0, 0.05) is 0 Å². The lowest BCUT2D eigenvalue weighted by atomic mass is 9.72. The Hall–Kier alpha value is -1.76. The molecule has 0 spiro atoms. The lowest BCUT2D eigenvalue weighted by Gasteiger charge is -2.32. The van der Waals surface area contributed by atoms with Crippen LogP contribution in [-0.2, 0) is 17.3 Å². The molecule has 0 heterocycles. The van der Waals surface area contributed by atoms with Gasteiger partial charge in [0.05, 0.1) is 0 Å². The zero-order valence-electron chi connectivity index (χ0n) is 14.7. The first-order valence-corrected chi connectivity index (χ1v) is 8.00. The molecule has 118 valence electrons. The Morgan fingerprint density at radius 2 is 1.36 bits per heavy atom. The molecule has 2 aromatic rings. The quantitative estimate of drug-likeness (QED) is 0.767. The van der Waals surface area contributed by atoms with E-state index in [1.165, 1.54) is 22.3 Å². The smallest absolute Gasteiger partial charge is 0.115 e. The van der Waals surface area contributed by atoms with Crippen molar-refractivity contribution in [2.45, 2.75) is 58.8 Å². The highest BCUT2D eigenvalue weighted by atomic mass is 16.3. The monoisotopic (exact) mass is 296 g/mol. The molecule has 0 fully saturated rings. The van der Waals surface area contributed by atoms with E-state index in [0.717, 1.165) is 6.42 Å². The summed E-state index contributed by atoms with van der Waals surface area (Å²) in [5.41, 5.74) is 5.73. The molecule has 0 radical (unpaired) electrons. The lowest BCUT2D eigenvalue weighted by molar-refractivity contribution is 0.475. The largest absolute Gasteiger partial charge is 0.508 e. The molecule has 0 amide bonds. The first-order chi connectivity index (χ1) is 10.1. The van der Waals surface area contributed by atoms with Crippen LogP contribution in [0.3, 0.4) is 0 Å². The van der Waals surface area contributed by atoms with Gasteiger partial charge < -0.3 is 5.11 Å². The Labute approximate surface area is 135 Å². The van der Waals surface area contributed by atoms with E-state index < -0.39 is 0 Å².